The fraction of sp³-hybridized carbons (Fsp3) is 0.281. The van der Waals surface area contributed by atoms with E-state index >= 15 is 0 Å². The number of hydrogen-bond donors (Lipinski definition) is 1. The van der Waals surface area contributed by atoms with Gasteiger partial charge in [0.2, 0.25) is 0 Å². The zero-order chi connectivity index (χ0) is 29.0. The number of Topliss-reactive ketones (excluding diaryl/α,β-unsaturated/α-hetero) is 1. The summed E-state index contributed by atoms with van der Waals surface area (Å²) < 4.78 is 17.0. The number of aliphatic hydroxyl groups is 1. The molecule has 8 heteroatoms. The van der Waals surface area contributed by atoms with Gasteiger partial charge in [-0.15, -0.1) is 0 Å². The zero-order valence-electron chi connectivity index (χ0n) is 23.2. The van der Waals surface area contributed by atoms with Gasteiger partial charge in [0.05, 0.1) is 43.6 Å². The van der Waals surface area contributed by atoms with Crippen molar-refractivity contribution in [3.63, 3.8) is 0 Å². The number of nitriles is 1. The Hall–Kier alpha value is -4.77. The number of amides is 1. The third kappa shape index (κ3) is 5.50. The highest BCUT2D eigenvalue weighted by molar-refractivity contribution is 6.51. The minimum absolute atomic E-state index is 0.0581. The van der Waals surface area contributed by atoms with E-state index in [9.17, 15) is 20.0 Å². The quantitative estimate of drug-likeness (QED) is 0.203. The van der Waals surface area contributed by atoms with Gasteiger partial charge in [0, 0.05) is 11.3 Å². The molecule has 206 valence electrons. The van der Waals surface area contributed by atoms with Crippen molar-refractivity contribution in [3.05, 3.63) is 88.5 Å². The van der Waals surface area contributed by atoms with Crippen LogP contribution in [0.1, 0.15) is 49.1 Å². The molecule has 1 atom stereocenters. The van der Waals surface area contributed by atoms with Crippen LogP contribution in [-0.2, 0) is 9.59 Å². The lowest BCUT2D eigenvalue weighted by Gasteiger charge is -2.26. The Bertz CT molecular complexity index is 1500. The summed E-state index contributed by atoms with van der Waals surface area (Å²) in [5.74, 6) is 0.0425. The van der Waals surface area contributed by atoms with Gasteiger partial charge >= 0.3 is 0 Å². The number of ether oxygens (including phenoxy) is 3. The van der Waals surface area contributed by atoms with E-state index < -0.39 is 17.7 Å². The monoisotopic (exact) mass is 540 g/mol. The van der Waals surface area contributed by atoms with Crippen LogP contribution in [0.2, 0.25) is 0 Å². The molecular weight excluding hydrogens is 508 g/mol. The highest BCUT2D eigenvalue weighted by Gasteiger charge is 2.47. The van der Waals surface area contributed by atoms with Crippen LogP contribution < -0.4 is 19.1 Å². The average Bonchev–Trinajstić information content (AvgIpc) is 3.22. The predicted molar refractivity (Wildman–Crippen MR) is 152 cm³/mol. The molecule has 4 rings (SSSR count). The SMILES string of the molecule is CCOc1cc(C2/C(=C(/O)c3ccc(OCC(C)C)c(C)c3)C(=O)C(=O)N2c2ccc(C#N)cc2)ccc1OC. The van der Waals surface area contributed by atoms with Crippen molar-refractivity contribution in [2.24, 2.45) is 5.92 Å². The highest BCUT2D eigenvalue weighted by atomic mass is 16.5. The molecule has 1 aliphatic heterocycles. The molecule has 1 fully saturated rings. The summed E-state index contributed by atoms with van der Waals surface area (Å²) in [5, 5.41) is 20.8. The molecule has 1 N–H and O–H groups in total. The van der Waals surface area contributed by atoms with Crippen molar-refractivity contribution in [1.29, 1.82) is 5.26 Å². The number of nitrogens with zero attached hydrogens (tertiary/aromatic N) is 2. The van der Waals surface area contributed by atoms with Gasteiger partial charge in [-0.05, 0) is 85.5 Å². The van der Waals surface area contributed by atoms with Crippen molar-refractivity contribution in [2.45, 2.75) is 33.7 Å². The summed E-state index contributed by atoms with van der Waals surface area (Å²) in [6.45, 7) is 8.72. The standard InChI is InChI=1S/C32H32N2O6/c1-6-39-27-16-22(9-14-26(27)38-5)29-28(30(35)23-10-13-25(20(4)15-23)40-18-19(2)3)31(36)32(37)34(29)24-11-7-21(17-33)8-12-24/h7-16,19,29,35H,6,18H2,1-5H3/b30-28-. The maximum absolute atomic E-state index is 13.5. The molecule has 1 unspecified atom stereocenters. The molecule has 1 heterocycles. The van der Waals surface area contributed by atoms with Gasteiger partial charge in [0.1, 0.15) is 11.5 Å². The molecule has 1 aliphatic rings. The minimum Gasteiger partial charge on any atom is -0.507 e. The molecule has 0 bridgehead atoms. The Morgan fingerprint density at radius 3 is 2.30 bits per heavy atom. The van der Waals surface area contributed by atoms with Gasteiger partial charge < -0.3 is 19.3 Å². The summed E-state index contributed by atoms with van der Waals surface area (Å²) in [6, 6.07) is 17.7. The average molecular weight is 541 g/mol. The Morgan fingerprint density at radius 2 is 1.70 bits per heavy atom. The smallest absolute Gasteiger partial charge is 0.300 e. The third-order valence-corrected chi connectivity index (χ3v) is 6.54. The maximum Gasteiger partial charge on any atom is 0.300 e. The van der Waals surface area contributed by atoms with Crippen LogP contribution in [0, 0.1) is 24.2 Å². The van der Waals surface area contributed by atoms with E-state index in [1.165, 1.54) is 12.0 Å². The number of hydrogen-bond acceptors (Lipinski definition) is 7. The van der Waals surface area contributed by atoms with E-state index in [2.05, 4.69) is 19.9 Å². The second-order valence-electron chi connectivity index (χ2n) is 9.86. The zero-order valence-corrected chi connectivity index (χ0v) is 23.2. The summed E-state index contributed by atoms with van der Waals surface area (Å²) in [5.41, 5.74) is 2.48. The van der Waals surface area contributed by atoms with Crippen LogP contribution in [0.4, 0.5) is 5.69 Å². The van der Waals surface area contributed by atoms with Crippen LogP contribution in [0.15, 0.2) is 66.2 Å². The summed E-state index contributed by atoms with van der Waals surface area (Å²) >= 11 is 0. The van der Waals surface area contributed by atoms with Gasteiger partial charge in [-0.1, -0.05) is 19.9 Å². The number of methoxy groups -OCH3 is 1. The maximum atomic E-state index is 13.5. The van der Waals surface area contributed by atoms with Crippen LogP contribution in [0.25, 0.3) is 5.76 Å². The molecule has 40 heavy (non-hydrogen) atoms. The Kier molecular flexibility index (Phi) is 8.44. The highest BCUT2D eigenvalue weighted by Crippen LogP contribution is 2.44. The van der Waals surface area contributed by atoms with Crippen LogP contribution >= 0.6 is 0 Å². The van der Waals surface area contributed by atoms with Crippen LogP contribution in [-0.4, -0.2) is 37.1 Å². The van der Waals surface area contributed by atoms with Crippen LogP contribution in [0.3, 0.4) is 0 Å². The normalized spacial score (nSPS) is 16.2. The van der Waals surface area contributed by atoms with Gasteiger partial charge in [-0.3, -0.25) is 14.5 Å². The number of aliphatic hydroxyl groups excluding tert-OH is 1. The molecule has 8 nitrogen and oxygen atoms in total. The second kappa shape index (κ2) is 12.0. The minimum atomic E-state index is -0.963. The first kappa shape index (κ1) is 28.2. The van der Waals surface area contributed by atoms with Gasteiger partial charge in [0.15, 0.2) is 11.5 Å². The summed E-state index contributed by atoms with van der Waals surface area (Å²) in [6.07, 6.45) is 0. The molecule has 1 saturated heterocycles. The molecule has 3 aromatic carbocycles. The third-order valence-electron chi connectivity index (χ3n) is 6.54. The number of carbonyl (C=O) groups is 2. The number of aryl methyl sites for hydroxylation is 1. The first-order valence-electron chi connectivity index (χ1n) is 13.1. The summed E-state index contributed by atoms with van der Waals surface area (Å²) in [7, 11) is 1.53. The molecule has 3 aromatic rings. The number of rotatable bonds is 9. The lowest BCUT2D eigenvalue weighted by molar-refractivity contribution is -0.132. The van der Waals surface area contributed by atoms with Crippen molar-refractivity contribution < 1.29 is 28.9 Å². The van der Waals surface area contributed by atoms with E-state index in [0.717, 1.165) is 5.56 Å². The van der Waals surface area contributed by atoms with E-state index in [4.69, 9.17) is 14.2 Å². The number of ketones is 1. The molecule has 0 aliphatic carbocycles. The molecule has 0 aromatic heterocycles. The van der Waals surface area contributed by atoms with Gasteiger partial charge in [0.25, 0.3) is 11.7 Å². The Morgan fingerprint density at radius 1 is 1.00 bits per heavy atom. The molecular formula is C32H32N2O6. The van der Waals surface area contributed by atoms with Crippen molar-refractivity contribution in [3.8, 4) is 23.3 Å². The lowest BCUT2D eigenvalue weighted by atomic mass is 9.94. The predicted octanol–water partition coefficient (Wildman–Crippen LogP) is 5.94. The molecule has 1 amide bonds. The summed E-state index contributed by atoms with van der Waals surface area (Å²) in [4.78, 5) is 28.3. The fourth-order valence-corrected chi connectivity index (χ4v) is 4.61. The first-order chi connectivity index (χ1) is 19.2. The second-order valence-corrected chi connectivity index (χ2v) is 9.86. The van der Waals surface area contributed by atoms with E-state index in [1.807, 2.05) is 13.8 Å². The largest absolute Gasteiger partial charge is 0.507 e. The number of carbonyl (C=O) groups excluding carboxylic acids is 2. The Labute approximate surface area is 234 Å². The van der Waals surface area contributed by atoms with Crippen molar-refractivity contribution in [2.75, 3.05) is 25.2 Å². The van der Waals surface area contributed by atoms with E-state index in [1.54, 1.807) is 60.7 Å². The van der Waals surface area contributed by atoms with E-state index in [-0.39, 0.29) is 11.3 Å². The van der Waals surface area contributed by atoms with Gasteiger partial charge in [-0.2, -0.15) is 5.26 Å². The fourth-order valence-electron chi connectivity index (χ4n) is 4.61. The number of anilines is 1. The van der Waals surface area contributed by atoms with Gasteiger partial charge in [-0.25, -0.2) is 0 Å². The van der Waals surface area contributed by atoms with Crippen molar-refractivity contribution >= 4 is 23.1 Å². The van der Waals surface area contributed by atoms with Crippen molar-refractivity contribution in [1.82, 2.24) is 0 Å². The topological polar surface area (TPSA) is 109 Å². The van der Waals surface area contributed by atoms with E-state index in [0.29, 0.717) is 58.8 Å². The molecule has 0 spiro atoms. The number of benzene rings is 3. The molecule has 0 saturated carbocycles. The first-order valence-corrected chi connectivity index (χ1v) is 13.1. The lowest BCUT2D eigenvalue weighted by Crippen LogP contribution is -2.29. The van der Waals surface area contributed by atoms with Crippen LogP contribution in [0.5, 0.6) is 17.2 Å². The Balaban J connectivity index is 1.89. The molecule has 0 radical (unpaired) electrons.